The fourth-order valence-corrected chi connectivity index (χ4v) is 2.97. The molecule has 2 aliphatic rings. The van der Waals surface area contributed by atoms with Gasteiger partial charge >= 0.3 is 12.2 Å². The molecule has 26 heavy (non-hydrogen) atoms. The third-order valence-electron chi connectivity index (χ3n) is 4.38. The number of ether oxygens (including phenoxy) is 2. The minimum atomic E-state index is -1.34. The highest BCUT2D eigenvalue weighted by atomic mass is 19.1. The van der Waals surface area contributed by atoms with Gasteiger partial charge in [0.05, 0.1) is 12.6 Å². The Labute approximate surface area is 154 Å². The summed E-state index contributed by atoms with van der Waals surface area (Å²) in [6, 6.07) is -0.613. The number of carbonyl (C=O) groups is 2. The van der Waals surface area contributed by atoms with E-state index in [0.29, 0.717) is 13.0 Å². The molecule has 0 N–H and O–H groups in total. The second-order valence-electron chi connectivity index (χ2n) is 7.72. The van der Waals surface area contributed by atoms with Crippen LogP contribution in [0.3, 0.4) is 0 Å². The lowest BCUT2D eigenvalue weighted by atomic mass is 10.0. The molecule has 0 bridgehead atoms. The molecular formula is C19H29FN2O4. The van der Waals surface area contributed by atoms with Crippen molar-refractivity contribution in [1.82, 2.24) is 9.80 Å². The number of allylic oxidation sites excluding steroid dienone is 2. The van der Waals surface area contributed by atoms with Gasteiger partial charge in [0.2, 0.25) is 0 Å². The van der Waals surface area contributed by atoms with Crippen LogP contribution in [0.2, 0.25) is 0 Å². The van der Waals surface area contributed by atoms with Crippen molar-refractivity contribution < 1.29 is 23.5 Å². The first-order chi connectivity index (χ1) is 12.2. The fourth-order valence-electron chi connectivity index (χ4n) is 2.97. The van der Waals surface area contributed by atoms with Crippen LogP contribution in [0.15, 0.2) is 23.8 Å². The maximum atomic E-state index is 14.6. The van der Waals surface area contributed by atoms with Gasteiger partial charge in [0.25, 0.3) is 0 Å². The van der Waals surface area contributed by atoms with Crippen LogP contribution < -0.4 is 0 Å². The summed E-state index contributed by atoms with van der Waals surface area (Å²) in [6.07, 6.45) is 5.88. The van der Waals surface area contributed by atoms with E-state index in [1.807, 2.05) is 18.2 Å². The van der Waals surface area contributed by atoms with Gasteiger partial charge in [-0.2, -0.15) is 0 Å². The Bertz CT molecular complexity index is 583. The van der Waals surface area contributed by atoms with Gasteiger partial charge in [-0.1, -0.05) is 18.2 Å². The Morgan fingerprint density at radius 1 is 1.35 bits per heavy atom. The first kappa shape index (κ1) is 20.3. The van der Waals surface area contributed by atoms with Crippen molar-refractivity contribution in [1.29, 1.82) is 0 Å². The molecule has 0 aromatic heterocycles. The Morgan fingerprint density at radius 2 is 2.08 bits per heavy atom. The summed E-state index contributed by atoms with van der Waals surface area (Å²) in [4.78, 5) is 26.9. The van der Waals surface area contributed by atoms with Gasteiger partial charge in [-0.3, -0.25) is 0 Å². The van der Waals surface area contributed by atoms with E-state index >= 15 is 0 Å². The maximum Gasteiger partial charge on any atom is 0.410 e. The number of piperidine rings is 1. The summed E-state index contributed by atoms with van der Waals surface area (Å²) in [5, 5.41) is 0. The zero-order valence-electron chi connectivity index (χ0n) is 16.0. The Hall–Kier alpha value is -2.05. The molecule has 0 radical (unpaired) electrons. The Balaban J connectivity index is 1.83. The normalized spacial score (nSPS) is 23.3. The lowest BCUT2D eigenvalue weighted by Gasteiger charge is -2.38. The molecule has 0 saturated carbocycles. The van der Waals surface area contributed by atoms with E-state index in [1.54, 1.807) is 20.8 Å². The highest BCUT2D eigenvalue weighted by Gasteiger charge is 2.37. The summed E-state index contributed by atoms with van der Waals surface area (Å²) >= 11 is 0. The lowest BCUT2D eigenvalue weighted by molar-refractivity contribution is -0.00201. The topological polar surface area (TPSA) is 59.1 Å². The molecule has 2 rings (SSSR count). The molecule has 1 aliphatic heterocycles. The van der Waals surface area contributed by atoms with Gasteiger partial charge in [0, 0.05) is 13.6 Å². The van der Waals surface area contributed by atoms with E-state index in [4.69, 9.17) is 9.47 Å². The van der Waals surface area contributed by atoms with Gasteiger partial charge in [-0.15, -0.1) is 0 Å². The molecule has 7 heteroatoms. The van der Waals surface area contributed by atoms with Crippen molar-refractivity contribution in [3.8, 4) is 0 Å². The molecule has 146 valence electrons. The standard InChI is InChI=1S/C19H29FN2O4/c1-19(2,3)26-17(23)21(4)16-10-11-22(12-15(16)20)18(24)25-13-14-8-6-5-7-9-14/h6,8-9,15-16H,5,7,10-13H2,1-4H3. The largest absolute Gasteiger partial charge is 0.445 e. The lowest BCUT2D eigenvalue weighted by Crippen LogP contribution is -2.55. The molecule has 2 amide bonds. The van der Waals surface area contributed by atoms with E-state index in [2.05, 4.69) is 0 Å². The molecule has 0 spiro atoms. The first-order valence-electron chi connectivity index (χ1n) is 9.04. The summed E-state index contributed by atoms with van der Waals surface area (Å²) in [7, 11) is 1.53. The highest BCUT2D eigenvalue weighted by molar-refractivity contribution is 5.69. The monoisotopic (exact) mass is 368 g/mol. The Kier molecular flexibility index (Phi) is 6.67. The van der Waals surface area contributed by atoms with Gasteiger partial charge in [0.1, 0.15) is 18.4 Å². The smallest absolute Gasteiger partial charge is 0.410 e. The average Bonchev–Trinajstić information content (AvgIpc) is 2.58. The number of alkyl halides is 1. The van der Waals surface area contributed by atoms with Crippen molar-refractivity contribution in [2.45, 2.75) is 57.8 Å². The van der Waals surface area contributed by atoms with Crippen molar-refractivity contribution in [2.75, 3.05) is 26.7 Å². The number of rotatable bonds is 3. The van der Waals surface area contributed by atoms with Crippen LogP contribution in [-0.2, 0) is 9.47 Å². The van der Waals surface area contributed by atoms with Gasteiger partial charge in [-0.05, 0) is 45.6 Å². The third kappa shape index (κ3) is 5.75. The van der Waals surface area contributed by atoms with Crippen LogP contribution in [0, 0.1) is 0 Å². The second kappa shape index (κ2) is 8.56. The second-order valence-corrected chi connectivity index (χ2v) is 7.72. The minimum absolute atomic E-state index is 0.0917. The van der Waals surface area contributed by atoms with E-state index < -0.39 is 30.0 Å². The number of amides is 2. The summed E-state index contributed by atoms with van der Waals surface area (Å²) in [5.41, 5.74) is 0.324. The minimum Gasteiger partial charge on any atom is -0.445 e. The maximum absolute atomic E-state index is 14.6. The van der Waals surface area contributed by atoms with Gasteiger partial charge in [0.15, 0.2) is 0 Å². The summed E-state index contributed by atoms with van der Waals surface area (Å²) < 4.78 is 25.1. The Morgan fingerprint density at radius 3 is 2.65 bits per heavy atom. The van der Waals surface area contributed by atoms with Crippen LogP contribution in [0.5, 0.6) is 0 Å². The van der Waals surface area contributed by atoms with Gasteiger partial charge < -0.3 is 19.3 Å². The molecule has 1 saturated heterocycles. The van der Waals surface area contributed by atoms with Crippen molar-refractivity contribution in [3.05, 3.63) is 23.8 Å². The van der Waals surface area contributed by atoms with Crippen molar-refractivity contribution in [3.63, 3.8) is 0 Å². The van der Waals surface area contributed by atoms with Gasteiger partial charge in [-0.25, -0.2) is 14.0 Å². The molecule has 0 aromatic carbocycles. The average molecular weight is 368 g/mol. The number of carbonyl (C=O) groups excluding carboxylic acids is 2. The van der Waals surface area contributed by atoms with Crippen molar-refractivity contribution in [2.24, 2.45) is 0 Å². The zero-order valence-corrected chi connectivity index (χ0v) is 16.0. The number of hydrogen-bond donors (Lipinski definition) is 0. The predicted molar refractivity (Wildman–Crippen MR) is 96.7 cm³/mol. The molecule has 2 atom stereocenters. The van der Waals surface area contributed by atoms with Crippen molar-refractivity contribution >= 4 is 12.2 Å². The molecule has 1 fully saturated rings. The summed E-state index contributed by atoms with van der Waals surface area (Å²) in [6.45, 7) is 5.74. The quantitative estimate of drug-likeness (QED) is 0.762. The predicted octanol–water partition coefficient (Wildman–Crippen LogP) is 3.68. The SMILES string of the molecule is CN(C(=O)OC(C)(C)C)C1CCN(C(=O)OCC2=CCCC=C2)CC1F. The van der Waals surface area contributed by atoms with E-state index in [0.717, 1.165) is 18.4 Å². The molecule has 6 nitrogen and oxygen atoms in total. The molecule has 0 aromatic rings. The first-order valence-corrected chi connectivity index (χ1v) is 9.04. The van der Waals surface area contributed by atoms with Crippen LogP contribution in [0.25, 0.3) is 0 Å². The van der Waals surface area contributed by atoms with Crippen LogP contribution in [0.1, 0.15) is 40.0 Å². The van der Waals surface area contributed by atoms with E-state index in [-0.39, 0.29) is 13.2 Å². The number of hydrogen-bond acceptors (Lipinski definition) is 4. The fraction of sp³-hybridized carbons (Fsp3) is 0.684. The van der Waals surface area contributed by atoms with Crippen LogP contribution in [-0.4, -0.2) is 66.5 Å². The number of likely N-dealkylation sites (tertiary alicyclic amines) is 1. The number of nitrogens with zero attached hydrogens (tertiary/aromatic N) is 2. The molecule has 2 unspecified atom stereocenters. The molecular weight excluding hydrogens is 339 g/mol. The van der Waals surface area contributed by atoms with E-state index in [9.17, 15) is 14.0 Å². The summed E-state index contributed by atoms with van der Waals surface area (Å²) in [5.74, 6) is 0. The van der Waals surface area contributed by atoms with Crippen LogP contribution >= 0.6 is 0 Å². The molecule has 1 heterocycles. The number of halogens is 1. The molecule has 1 aliphatic carbocycles. The highest BCUT2D eigenvalue weighted by Crippen LogP contribution is 2.22. The third-order valence-corrected chi connectivity index (χ3v) is 4.38. The van der Waals surface area contributed by atoms with E-state index in [1.165, 1.54) is 16.8 Å². The zero-order chi connectivity index (χ0) is 19.3. The van der Waals surface area contributed by atoms with Crippen LogP contribution in [0.4, 0.5) is 14.0 Å².